The van der Waals surface area contributed by atoms with Crippen molar-refractivity contribution in [2.24, 2.45) is 0 Å². The van der Waals surface area contributed by atoms with Gasteiger partial charge in [0.15, 0.2) is 36.8 Å². The largest absolute Gasteiger partial charge is 0.453 e. The van der Waals surface area contributed by atoms with Gasteiger partial charge in [0.05, 0.1) is 40.0 Å². The van der Waals surface area contributed by atoms with E-state index in [4.69, 9.17) is 37.9 Å². The Balaban J connectivity index is 1.23. The van der Waals surface area contributed by atoms with Gasteiger partial charge in [0.2, 0.25) is 0 Å². The lowest BCUT2D eigenvalue weighted by Gasteiger charge is -2.48. The number of hydrogen-bond acceptors (Lipinski definition) is 14. The van der Waals surface area contributed by atoms with Crippen LogP contribution in [0.5, 0.6) is 0 Å². The van der Waals surface area contributed by atoms with Crippen molar-refractivity contribution in [3.05, 3.63) is 210 Å². The fourth-order valence-corrected chi connectivity index (χ4v) is 8.79. The fraction of sp³-hybridized carbons (Fsp3) is 0.226. The first-order valence-electron chi connectivity index (χ1n) is 21.6. The summed E-state index contributed by atoms with van der Waals surface area (Å²) in [4.78, 5) is 70.9. The van der Waals surface area contributed by atoms with Gasteiger partial charge < -0.3 is 37.9 Å². The van der Waals surface area contributed by atoms with Crippen molar-refractivity contribution in [2.45, 2.75) is 79.3 Å². The Bertz CT molecular complexity index is 2590. The van der Waals surface area contributed by atoms with Crippen LogP contribution in [0, 0.1) is 0 Å². The van der Waals surface area contributed by atoms with Gasteiger partial charge in [0, 0.05) is 4.90 Å². The molecule has 14 heteroatoms. The van der Waals surface area contributed by atoms with Crippen molar-refractivity contribution in [3.63, 3.8) is 0 Å². The molecule has 0 spiro atoms. The molecule has 0 aliphatic carbocycles. The van der Waals surface area contributed by atoms with Crippen LogP contribution in [0.2, 0.25) is 0 Å². The normalized spacial score (nSPS) is 24.6. The van der Waals surface area contributed by atoms with Gasteiger partial charge in [0.25, 0.3) is 0 Å². The molecule has 0 aromatic heterocycles. The van der Waals surface area contributed by atoms with Crippen molar-refractivity contribution in [1.29, 1.82) is 0 Å². The topological polar surface area (TPSA) is 159 Å². The zero-order valence-corrected chi connectivity index (χ0v) is 37.1. The van der Waals surface area contributed by atoms with Gasteiger partial charge in [-0.25, -0.2) is 24.0 Å². The van der Waals surface area contributed by atoms with Gasteiger partial charge in [-0.3, -0.25) is 0 Å². The maximum atomic E-state index is 14.2. The van der Waals surface area contributed by atoms with E-state index < -0.39 is 90.4 Å². The summed E-state index contributed by atoms with van der Waals surface area (Å²) in [5.74, 6) is -3.93. The van der Waals surface area contributed by atoms with E-state index in [1.54, 1.807) is 153 Å². The molecule has 6 aromatic carbocycles. The number of carbonyl (C=O) groups excluding carboxylic acids is 5. The summed E-state index contributed by atoms with van der Waals surface area (Å²) in [7, 11) is 0. The lowest BCUT2D eigenvalue weighted by molar-refractivity contribution is -0.328. The summed E-state index contributed by atoms with van der Waals surface area (Å²) in [6.07, 6.45) is -12.4. The van der Waals surface area contributed by atoms with E-state index in [9.17, 15) is 24.0 Å². The molecule has 2 aliphatic rings. The molecule has 2 aliphatic heterocycles. The van der Waals surface area contributed by atoms with Crippen LogP contribution >= 0.6 is 11.8 Å². The summed E-state index contributed by atoms with van der Waals surface area (Å²) in [5.41, 5.74) is -0.0633. The zero-order valence-electron chi connectivity index (χ0n) is 36.3. The Morgan fingerprint density at radius 3 is 1.04 bits per heavy atom. The third kappa shape index (κ3) is 11.5. The molecule has 6 aromatic rings. The third-order valence-corrected chi connectivity index (χ3v) is 12.2. The van der Waals surface area contributed by atoms with Crippen molar-refractivity contribution < 1.29 is 61.9 Å². The first kappa shape index (κ1) is 46.4. The number of hydrogen-bond donors (Lipinski definition) is 0. The van der Waals surface area contributed by atoms with Crippen LogP contribution in [0.4, 0.5) is 0 Å². The lowest BCUT2D eigenvalue weighted by atomic mass is 9.96. The van der Waals surface area contributed by atoms with Crippen molar-refractivity contribution in [3.8, 4) is 0 Å². The first-order chi connectivity index (χ1) is 32.6. The SMILES string of the molecule is C[C@H]1O[C@H](O[C@@H]2[C@H](OC(=O)c3ccccc3)[C@@H](Sc3ccccc3)O[C@H](C)[C@H]2OC(=O)c2ccccc2)[C@@H](OC(=O)c2ccccc2)[C@@H](OC(=O)c2ccccc2)[C@@H]1OC(=O)c1ccccc1. The number of thioether (sulfide) groups is 1. The smallest absolute Gasteiger partial charge is 0.338 e. The monoisotopic (exact) mass is 922 g/mol. The molecule has 0 saturated carbocycles. The predicted molar refractivity (Wildman–Crippen MR) is 244 cm³/mol. The highest BCUT2D eigenvalue weighted by Gasteiger charge is 2.57. The van der Waals surface area contributed by atoms with Crippen molar-refractivity contribution >= 4 is 41.6 Å². The molecule has 2 fully saturated rings. The average Bonchev–Trinajstić information content (AvgIpc) is 3.37. The second kappa shape index (κ2) is 21.9. The quantitative estimate of drug-likeness (QED) is 0.0754. The van der Waals surface area contributed by atoms with Gasteiger partial charge in [-0.05, 0) is 86.6 Å². The molecule has 0 N–H and O–H groups in total. The minimum Gasteiger partial charge on any atom is -0.453 e. The van der Waals surface area contributed by atoms with Crippen LogP contribution in [-0.4, -0.2) is 90.4 Å². The molecule has 2 heterocycles. The number of benzene rings is 6. The first-order valence-corrected chi connectivity index (χ1v) is 22.5. The standard InChI is InChI=1S/C53H46O13S/c1-33-41(61-47(54)35-21-9-3-10-22-35)43(63-49(56)37-25-13-5-14-26-37)45(64-50(57)38-27-15-6-16-28-38)52(59-33)66-44-42(62-48(55)36-23-11-4-12-24-36)34(2)60-53(67-40-31-19-8-20-32-40)46(44)65-51(58)39-29-17-7-18-30-39/h3-34,41-46,52-53H,1-2H3/t33-,34-,41-,42-,43+,44+,45+,46+,52-,53-/m1/s1. The summed E-state index contributed by atoms with van der Waals surface area (Å²) in [6, 6.07) is 50.3. The molecule has 0 unspecified atom stereocenters. The summed E-state index contributed by atoms with van der Waals surface area (Å²) in [6.45, 7) is 3.27. The van der Waals surface area contributed by atoms with E-state index in [-0.39, 0.29) is 27.8 Å². The van der Waals surface area contributed by atoms with Crippen LogP contribution in [0.3, 0.4) is 0 Å². The van der Waals surface area contributed by atoms with Crippen molar-refractivity contribution in [1.82, 2.24) is 0 Å². The van der Waals surface area contributed by atoms with E-state index in [0.29, 0.717) is 0 Å². The average molecular weight is 923 g/mol. The molecule has 0 amide bonds. The molecule has 0 bridgehead atoms. The van der Waals surface area contributed by atoms with Gasteiger partial charge >= 0.3 is 29.8 Å². The zero-order chi connectivity index (χ0) is 46.7. The minimum absolute atomic E-state index is 0.134. The fourth-order valence-electron chi connectivity index (χ4n) is 7.63. The minimum atomic E-state index is -1.68. The molecular weight excluding hydrogens is 877 g/mol. The second-order valence-electron chi connectivity index (χ2n) is 15.6. The summed E-state index contributed by atoms with van der Waals surface area (Å²) in [5, 5.41) is 0. The molecule has 2 saturated heterocycles. The summed E-state index contributed by atoms with van der Waals surface area (Å²) < 4.78 is 51.3. The molecule has 67 heavy (non-hydrogen) atoms. The van der Waals surface area contributed by atoms with Crippen molar-refractivity contribution in [2.75, 3.05) is 0 Å². The number of ether oxygens (including phenoxy) is 8. The maximum Gasteiger partial charge on any atom is 0.338 e. The molecule has 8 rings (SSSR count). The van der Waals surface area contributed by atoms with E-state index in [2.05, 4.69) is 0 Å². The predicted octanol–water partition coefficient (Wildman–Crippen LogP) is 8.78. The Hall–Kier alpha value is -7.10. The molecular formula is C53H46O13S. The number of esters is 5. The van der Waals surface area contributed by atoms with Crippen LogP contribution in [0.15, 0.2) is 187 Å². The van der Waals surface area contributed by atoms with Crippen LogP contribution in [-0.2, 0) is 37.9 Å². The highest BCUT2D eigenvalue weighted by atomic mass is 32.2. The Labute approximate surface area is 391 Å². The van der Waals surface area contributed by atoms with E-state index in [1.807, 2.05) is 30.3 Å². The molecule has 10 atom stereocenters. The Kier molecular flexibility index (Phi) is 15.2. The van der Waals surface area contributed by atoms with Crippen LogP contribution < -0.4 is 0 Å². The highest BCUT2D eigenvalue weighted by molar-refractivity contribution is 7.99. The Morgan fingerprint density at radius 2 is 0.657 bits per heavy atom. The molecule has 0 radical (unpaired) electrons. The number of carbonyl (C=O) groups is 5. The summed E-state index contributed by atoms with van der Waals surface area (Å²) >= 11 is 1.24. The van der Waals surface area contributed by atoms with Gasteiger partial charge in [-0.15, -0.1) is 0 Å². The van der Waals surface area contributed by atoms with Gasteiger partial charge in [0.1, 0.15) is 11.5 Å². The van der Waals surface area contributed by atoms with E-state index in [0.717, 1.165) is 4.90 Å². The highest BCUT2D eigenvalue weighted by Crippen LogP contribution is 2.40. The van der Waals surface area contributed by atoms with E-state index >= 15 is 0 Å². The van der Waals surface area contributed by atoms with E-state index in [1.165, 1.54) is 23.9 Å². The maximum absolute atomic E-state index is 14.2. The molecule has 342 valence electrons. The van der Waals surface area contributed by atoms with Crippen LogP contribution in [0.1, 0.15) is 65.6 Å². The molecule has 13 nitrogen and oxygen atoms in total. The Morgan fingerprint density at radius 1 is 0.358 bits per heavy atom. The van der Waals surface area contributed by atoms with Crippen LogP contribution in [0.25, 0.3) is 0 Å². The van der Waals surface area contributed by atoms with Gasteiger partial charge in [-0.1, -0.05) is 121 Å². The third-order valence-electron chi connectivity index (χ3n) is 11.0. The van der Waals surface area contributed by atoms with Gasteiger partial charge in [-0.2, -0.15) is 0 Å². The second-order valence-corrected chi connectivity index (χ2v) is 16.8. The number of rotatable bonds is 14. The lowest BCUT2D eigenvalue weighted by Crippen LogP contribution is -2.65.